The van der Waals surface area contributed by atoms with Gasteiger partial charge in [0.05, 0.1) is 11.1 Å². The maximum Gasteiger partial charge on any atom is 0.237 e. The number of allylic oxidation sites excluding steroid dienone is 2. The van der Waals surface area contributed by atoms with Gasteiger partial charge in [0.1, 0.15) is 17.8 Å². The Labute approximate surface area is 125 Å². The average Bonchev–Trinajstić information content (AvgIpc) is 2.96. The van der Waals surface area contributed by atoms with Crippen LogP contribution < -0.4 is 0 Å². The Hall–Kier alpha value is -2.82. The lowest BCUT2D eigenvalue weighted by atomic mass is 9.87. The second kappa shape index (κ2) is 4.87. The largest absolute Gasteiger partial charge is 0.463 e. The normalized spacial score (nSPS) is 14.3. The highest BCUT2D eigenvalue weighted by Crippen LogP contribution is 2.33. The van der Waals surface area contributed by atoms with Crippen molar-refractivity contribution < 1.29 is 23.2 Å². The Kier molecular flexibility index (Phi) is 3.13. The van der Waals surface area contributed by atoms with Crippen LogP contribution >= 0.6 is 0 Å². The minimum absolute atomic E-state index is 0.0116. The number of halogens is 1. The highest BCUT2D eigenvalue weighted by atomic mass is 19.1. The van der Waals surface area contributed by atoms with E-state index >= 15 is 0 Å². The second-order valence-electron chi connectivity index (χ2n) is 5.10. The smallest absolute Gasteiger partial charge is 0.237 e. The number of benzene rings is 1. The molecule has 110 valence electrons. The predicted octanol–water partition coefficient (Wildman–Crippen LogP) is 3.21. The van der Waals surface area contributed by atoms with Gasteiger partial charge in [-0.25, -0.2) is 4.39 Å². The lowest BCUT2D eigenvalue weighted by Gasteiger charge is -2.12. The van der Waals surface area contributed by atoms with Crippen molar-refractivity contribution in [3.05, 3.63) is 64.4 Å². The molecular formula is C17H11FO4. The molecule has 1 aromatic carbocycles. The summed E-state index contributed by atoms with van der Waals surface area (Å²) in [6, 6.07) is 4.95. The first-order chi connectivity index (χ1) is 10.4. The van der Waals surface area contributed by atoms with Crippen molar-refractivity contribution >= 4 is 22.9 Å². The van der Waals surface area contributed by atoms with E-state index in [-0.39, 0.29) is 22.5 Å². The number of furan rings is 1. The Morgan fingerprint density at radius 3 is 2.27 bits per heavy atom. The number of hydrogen-bond donors (Lipinski definition) is 0. The van der Waals surface area contributed by atoms with Crippen molar-refractivity contribution in [2.24, 2.45) is 0 Å². The van der Waals surface area contributed by atoms with Crippen molar-refractivity contribution in [2.75, 3.05) is 0 Å². The van der Waals surface area contributed by atoms with Crippen LogP contribution in [0, 0.1) is 5.82 Å². The first kappa shape index (κ1) is 14.1. The number of carbonyl (C=O) groups is 3. The Morgan fingerprint density at radius 1 is 1.00 bits per heavy atom. The zero-order chi connectivity index (χ0) is 16.0. The lowest BCUT2D eigenvalue weighted by Crippen LogP contribution is -2.23. The molecule has 0 spiro atoms. The first-order valence-electron chi connectivity index (χ1n) is 6.60. The van der Waals surface area contributed by atoms with Gasteiger partial charge in [0.15, 0.2) is 5.78 Å². The molecule has 0 saturated carbocycles. The van der Waals surface area contributed by atoms with Gasteiger partial charge in [0.25, 0.3) is 0 Å². The van der Waals surface area contributed by atoms with Crippen molar-refractivity contribution in [3.8, 4) is 0 Å². The summed E-state index contributed by atoms with van der Waals surface area (Å²) in [6.45, 7) is 3.21. The summed E-state index contributed by atoms with van der Waals surface area (Å²) in [7, 11) is 0. The van der Waals surface area contributed by atoms with Crippen LogP contribution in [0.2, 0.25) is 0 Å². The number of ketones is 3. The van der Waals surface area contributed by atoms with Gasteiger partial charge < -0.3 is 4.42 Å². The van der Waals surface area contributed by atoms with Crippen molar-refractivity contribution in [2.45, 2.75) is 13.8 Å². The van der Waals surface area contributed by atoms with Gasteiger partial charge in [-0.15, -0.1) is 0 Å². The van der Waals surface area contributed by atoms with Gasteiger partial charge in [-0.05, 0) is 43.7 Å². The molecule has 0 amide bonds. The molecule has 1 heterocycles. The minimum Gasteiger partial charge on any atom is -0.463 e. The Balaban J connectivity index is 2.14. The second-order valence-corrected chi connectivity index (χ2v) is 5.10. The molecule has 1 aliphatic carbocycles. The summed E-state index contributed by atoms with van der Waals surface area (Å²) < 4.78 is 18.3. The summed E-state index contributed by atoms with van der Waals surface area (Å²) in [5.74, 6) is -2.10. The van der Waals surface area contributed by atoms with Crippen LogP contribution in [-0.4, -0.2) is 17.3 Å². The molecule has 5 heteroatoms. The monoisotopic (exact) mass is 298 g/mol. The van der Waals surface area contributed by atoms with Crippen LogP contribution in [0.1, 0.15) is 45.9 Å². The third kappa shape index (κ3) is 1.94. The van der Waals surface area contributed by atoms with Crippen LogP contribution in [0.15, 0.2) is 40.5 Å². The van der Waals surface area contributed by atoms with E-state index in [9.17, 15) is 18.8 Å². The molecule has 0 unspecified atom stereocenters. The molecule has 4 nitrogen and oxygen atoms in total. The SMILES string of the molecule is CC1=C(C)c2occ(C(=O)c3ccc(F)cc3)c2C(=O)C1=O. The van der Waals surface area contributed by atoms with Gasteiger partial charge in [-0.3, -0.25) is 14.4 Å². The van der Waals surface area contributed by atoms with Crippen LogP contribution in [0.25, 0.3) is 5.57 Å². The molecule has 2 aromatic rings. The van der Waals surface area contributed by atoms with Crippen LogP contribution in [0.5, 0.6) is 0 Å². The fourth-order valence-electron chi connectivity index (χ4n) is 2.41. The van der Waals surface area contributed by atoms with Crippen LogP contribution in [-0.2, 0) is 4.79 Å². The fraction of sp³-hybridized carbons (Fsp3) is 0.118. The van der Waals surface area contributed by atoms with Crippen molar-refractivity contribution in [3.63, 3.8) is 0 Å². The number of Topliss-reactive ketones (excluding diaryl/α,β-unsaturated/α-hetero) is 2. The summed E-state index contributed by atoms with van der Waals surface area (Å²) in [4.78, 5) is 36.6. The maximum atomic E-state index is 12.9. The van der Waals surface area contributed by atoms with Gasteiger partial charge >= 0.3 is 0 Å². The fourth-order valence-corrected chi connectivity index (χ4v) is 2.41. The van der Waals surface area contributed by atoms with E-state index in [0.717, 1.165) is 12.1 Å². The third-order valence-electron chi connectivity index (χ3n) is 3.82. The van der Waals surface area contributed by atoms with Crippen molar-refractivity contribution in [1.82, 2.24) is 0 Å². The zero-order valence-corrected chi connectivity index (χ0v) is 11.9. The molecule has 0 fully saturated rings. The zero-order valence-electron chi connectivity index (χ0n) is 11.9. The number of rotatable bonds is 2. The quantitative estimate of drug-likeness (QED) is 0.631. The molecule has 1 aromatic heterocycles. The van der Waals surface area contributed by atoms with E-state index < -0.39 is 23.2 Å². The summed E-state index contributed by atoms with van der Waals surface area (Å²) in [5.41, 5.74) is 1.08. The summed E-state index contributed by atoms with van der Waals surface area (Å²) >= 11 is 0. The van der Waals surface area contributed by atoms with Crippen molar-refractivity contribution in [1.29, 1.82) is 0 Å². The van der Waals surface area contributed by atoms with E-state index in [1.807, 2.05) is 0 Å². The molecule has 0 bridgehead atoms. The van der Waals surface area contributed by atoms with Gasteiger partial charge in [0.2, 0.25) is 11.6 Å². The molecule has 22 heavy (non-hydrogen) atoms. The maximum absolute atomic E-state index is 12.9. The molecule has 0 saturated heterocycles. The molecule has 0 atom stereocenters. The van der Waals surface area contributed by atoms with E-state index in [4.69, 9.17) is 4.42 Å². The minimum atomic E-state index is -0.752. The lowest BCUT2D eigenvalue weighted by molar-refractivity contribution is -0.111. The van der Waals surface area contributed by atoms with Gasteiger partial charge in [-0.2, -0.15) is 0 Å². The standard InChI is InChI=1S/C17H11FO4/c1-8-9(2)17-13(16(21)14(8)19)12(7-22-17)15(20)10-3-5-11(18)6-4-10/h3-7H,1-2H3. The number of fused-ring (bicyclic) bond motifs is 1. The Bertz CT molecular complexity index is 853. The first-order valence-corrected chi connectivity index (χ1v) is 6.60. The van der Waals surface area contributed by atoms with E-state index in [1.165, 1.54) is 18.4 Å². The Morgan fingerprint density at radius 2 is 1.64 bits per heavy atom. The molecule has 0 N–H and O–H groups in total. The number of hydrogen-bond acceptors (Lipinski definition) is 4. The molecule has 3 rings (SSSR count). The van der Waals surface area contributed by atoms with E-state index in [0.29, 0.717) is 11.1 Å². The molecule has 0 radical (unpaired) electrons. The number of carbonyl (C=O) groups excluding carboxylic acids is 3. The molecule has 0 aliphatic heterocycles. The van der Waals surface area contributed by atoms with Crippen LogP contribution in [0.4, 0.5) is 4.39 Å². The van der Waals surface area contributed by atoms with Crippen LogP contribution in [0.3, 0.4) is 0 Å². The van der Waals surface area contributed by atoms with E-state index in [1.54, 1.807) is 13.8 Å². The topological polar surface area (TPSA) is 64.3 Å². The highest BCUT2D eigenvalue weighted by molar-refractivity contribution is 6.53. The van der Waals surface area contributed by atoms with Gasteiger partial charge in [0, 0.05) is 11.1 Å². The van der Waals surface area contributed by atoms with E-state index in [2.05, 4.69) is 0 Å². The predicted molar refractivity (Wildman–Crippen MR) is 76.1 cm³/mol. The molecule has 1 aliphatic rings. The summed E-state index contributed by atoms with van der Waals surface area (Å²) in [6.07, 6.45) is 1.17. The average molecular weight is 298 g/mol. The highest BCUT2D eigenvalue weighted by Gasteiger charge is 2.35. The third-order valence-corrected chi connectivity index (χ3v) is 3.82. The summed E-state index contributed by atoms with van der Waals surface area (Å²) in [5, 5.41) is 0. The molecular weight excluding hydrogens is 287 g/mol. The van der Waals surface area contributed by atoms with Gasteiger partial charge in [-0.1, -0.05) is 0 Å².